The Morgan fingerprint density at radius 1 is 1.25 bits per heavy atom. The number of nitrogens with zero attached hydrogens (tertiary/aromatic N) is 1. The van der Waals surface area contributed by atoms with Gasteiger partial charge in [0.15, 0.2) is 0 Å². The Bertz CT molecular complexity index is 338. The van der Waals surface area contributed by atoms with E-state index in [0.717, 1.165) is 13.0 Å². The molecular formula is C13H24N2S. The van der Waals surface area contributed by atoms with Gasteiger partial charge in [0.25, 0.3) is 0 Å². The molecule has 1 rings (SSSR count). The maximum absolute atomic E-state index is 4.80. The largest absolute Gasteiger partial charge is 0.306 e. The molecule has 0 radical (unpaired) electrons. The van der Waals surface area contributed by atoms with Crippen LogP contribution in [-0.2, 0) is 11.0 Å². The molecule has 1 aromatic rings. The minimum absolute atomic E-state index is 0.0307. The van der Waals surface area contributed by atoms with Gasteiger partial charge in [0.05, 0.1) is 11.2 Å². The van der Waals surface area contributed by atoms with E-state index in [1.807, 2.05) is 0 Å². The first-order chi connectivity index (χ1) is 7.33. The summed E-state index contributed by atoms with van der Waals surface area (Å²) < 4.78 is 0. The third-order valence-electron chi connectivity index (χ3n) is 3.02. The molecule has 0 spiro atoms. The number of nitrogens with one attached hydrogen (secondary N) is 1. The maximum atomic E-state index is 4.80. The maximum Gasteiger partial charge on any atom is 0.113 e. The van der Waals surface area contributed by atoms with E-state index in [0.29, 0.717) is 0 Å². The van der Waals surface area contributed by atoms with Gasteiger partial charge in [0, 0.05) is 10.8 Å². The zero-order valence-electron chi connectivity index (χ0n) is 11.3. The second-order valence-electron chi connectivity index (χ2n) is 5.50. The molecule has 0 aliphatic heterocycles. The second kappa shape index (κ2) is 4.84. The summed E-state index contributed by atoms with van der Waals surface area (Å²) in [6.07, 6.45) is 1.07. The third-order valence-corrected chi connectivity index (χ3v) is 4.12. The van der Waals surface area contributed by atoms with Crippen LogP contribution in [0.4, 0.5) is 0 Å². The molecule has 0 bridgehead atoms. The topological polar surface area (TPSA) is 24.9 Å². The molecule has 16 heavy (non-hydrogen) atoms. The molecule has 0 saturated carbocycles. The standard InChI is InChI=1S/C13H24N2S/c1-7-13(6,14-8-2)11-15-10(9-16-11)12(3,4)5/h9,14H,7-8H2,1-6H3. The van der Waals surface area contributed by atoms with Crippen LogP contribution < -0.4 is 5.32 Å². The molecule has 0 fully saturated rings. The van der Waals surface area contributed by atoms with Gasteiger partial charge in [-0.2, -0.15) is 0 Å². The van der Waals surface area contributed by atoms with Crippen LogP contribution in [0.15, 0.2) is 5.38 Å². The molecule has 3 heteroatoms. The predicted octanol–water partition coefficient (Wildman–Crippen LogP) is 3.68. The average Bonchev–Trinajstić information content (AvgIpc) is 2.66. The Hall–Kier alpha value is -0.410. The number of rotatable bonds is 4. The van der Waals surface area contributed by atoms with Gasteiger partial charge in [-0.15, -0.1) is 11.3 Å². The molecule has 1 aromatic heterocycles. The zero-order valence-corrected chi connectivity index (χ0v) is 12.2. The zero-order chi connectivity index (χ0) is 12.4. The van der Waals surface area contributed by atoms with Crippen molar-refractivity contribution in [3.8, 4) is 0 Å². The molecule has 0 aliphatic carbocycles. The van der Waals surface area contributed by atoms with E-state index in [1.165, 1.54) is 10.7 Å². The fraction of sp³-hybridized carbons (Fsp3) is 0.769. The van der Waals surface area contributed by atoms with Crippen LogP contribution >= 0.6 is 11.3 Å². The van der Waals surface area contributed by atoms with Crippen LogP contribution in [0, 0.1) is 0 Å². The first kappa shape index (κ1) is 13.7. The lowest BCUT2D eigenvalue weighted by molar-refractivity contribution is 0.359. The monoisotopic (exact) mass is 240 g/mol. The molecule has 0 saturated heterocycles. The Kier molecular flexibility index (Phi) is 4.13. The predicted molar refractivity (Wildman–Crippen MR) is 72.1 cm³/mol. The van der Waals surface area contributed by atoms with E-state index >= 15 is 0 Å². The highest BCUT2D eigenvalue weighted by Crippen LogP contribution is 2.31. The minimum Gasteiger partial charge on any atom is -0.306 e. The van der Waals surface area contributed by atoms with Crippen molar-refractivity contribution in [1.82, 2.24) is 10.3 Å². The van der Waals surface area contributed by atoms with Crippen molar-refractivity contribution in [2.75, 3.05) is 6.54 Å². The fourth-order valence-electron chi connectivity index (χ4n) is 1.61. The quantitative estimate of drug-likeness (QED) is 0.868. The number of hydrogen-bond donors (Lipinski definition) is 1. The van der Waals surface area contributed by atoms with Crippen LogP contribution in [0.1, 0.15) is 58.7 Å². The Balaban J connectivity index is 3.00. The smallest absolute Gasteiger partial charge is 0.113 e. The van der Waals surface area contributed by atoms with E-state index in [1.54, 1.807) is 11.3 Å². The van der Waals surface area contributed by atoms with Gasteiger partial charge in [0.1, 0.15) is 5.01 Å². The van der Waals surface area contributed by atoms with Gasteiger partial charge in [-0.3, -0.25) is 0 Å². The summed E-state index contributed by atoms with van der Waals surface area (Å²) in [6, 6.07) is 0. The lowest BCUT2D eigenvalue weighted by Gasteiger charge is -2.27. The SMILES string of the molecule is CCNC(C)(CC)c1nc(C(C)(C)C)cs1. The first-order valence-electron chi connectivity index (χ1n) is 6.05. The van der Waals surface area contributed by atoms with Crippen molar-refractivity contribution in [1.29, 1.82) is 0 Å². The summed E-state index contributed by atoms with van der Waals surface area (Å²) in [7, 11) is 0. The number of hydrogen-bond acceptors (Lipinski definition) is 3. The Morgan fingerprint density at radius 3 is 2.25 bits per heavy atom. The highest BCUT2D eigenvalue weighted by molar-refractivity contribution is 7.09. The van der Waals surface area contributed by atoms with E-state index in [9.17, 15) is 0 Å². The number of aromatic nitrogens is 1. The lowest BCUT2D eigenvalue weighted by atomic mass is 9.93. The van der Waals surface area contributed by atoms with Crippen molar-refractivity contribution in [3.63, 3.8) is 0 Å². The molecule has 2 nitrogen and oxygen atoms in total. The van der Waals surface area contributed by atoms with E-state index < -0.39 is 0 Å². The number of thiazole rings is 1. The summed E-state index contributed by atoms with van der Waals surface area (Å²) in [4.78, 5) is 4.80. The van der Waals surface area contributed by atoms with Crippen LogP contribution in [0.25, 0.3) is 0 Å². The van der Waals surface area contributed by atoms with Crippen molar-refractivity contribution in [3.05, 3.63) is 16.1 Å². The molecule has 92 valence electrons. The van der Waals surface area contributed by atoms with Crippen molar-refractivity contribution in [2.24, 2.45) is 0 Å². The summed E-state index contributed by atoms with van der Waals surface area (Å²) in [5, 5.41) is 6.94. The molecule has 1 atom stereocenters. The van der Waals surface area contributed by atoms with Crippen LogP contribution in [0.3, 0.4) is 0 Å². The normalized spacial score (nSPS) is 16.1. The summed E-state index contributed by atoms with van der Waals surface area (Å²) in [5.41, 5.74) is 1.38. The molecule has 0 aliphatic rings. The van der Waals surface area contributed by atoms with Crippen molar-refractivity contribution < 1.29 is 0 Å². The molecule has 1 heterocycles. The third kappa shape index (κ3) is 2.83. The molecule has 0 amide bonds. The molecular weight excluding hydrogens is 216 g/mol. The van der Waals surface area contributed by atoms with Crippen LogP contribution in [0.2, 0.25) is 0 Å². The summed E-state index contributed by atoms with van der Waals surface area (Å²) in [6.45, 7) is 14.2. The molecule has 0 aromatic carbocycles. The first-order valence-corrected chi connectivity index (χ1v) is 6.93. The van der Waals surface area contributed by atoms with Gasteiger partial charge in [-0.25, -0.2) is 4.98 Å². The van der Waals surface area contributed by atoms with Gasteiger partial charge >= 0.3 is 0 Å². The van der Waals surface area contributed by atoms with Crippen molar-refractivity contribution in [2.45, 2.75) is 58.9 Å². The van der Waals surface area contributed by atoms with E-state index in [4.69, 9.17) is 4.98 Å². The van der Waals surface area contributed by atoms with Crippen molar-refractivity contribution >= 4 is 11.3 Å². The Morgan fingerprint density at radius 2 is 1.88 bits per heavy atom. The minimum atomic E-state index is 0.0307. The molecule has 1 N–H and O–H groups in total. The van der Waals surface area contributed by atoms with E-state index in [-0.39, 0.29) is 11.0 Å². The summed E-state index contributed by atoms with van der Waals surface area (Å²) in [5.74, 6) is 0. The fourth-order valence-corrected chi connectivity index (χ4v) is 2.87. The summed E-state index contributed by atoms with van der Waals surface area (Å²) >= 11 is 1.77. The average molecular weight is 240 g/mol. The molecule has 1 unspecified atom stereocenters. The van der Waals surface area contributed by atoms with Crippen LogP contribution in [-0.4, -0.2) is 11.5 Å². The van der Waals surface area contributed by atoms with Gasteiger partial charge < -0.3 is 5.32 Å². The lowest BCUT2D eigenvalue weighted by Crippen LogP contribution is -2.38. The van der Waals surface area contributed by atoms with E-state index in [2.05, 4.69) is 52.2 Å². The second-order valence-corrected chi connectivity index (χ2v) is 6.36. The highest BCUT2D eigenvalue weighted by Gasteiger charge is 2.28. The van der Waals surface area contributed by atoms with Crippen LogP contribution in [0.5, 0.6) is 0 Å². The highest BCUT2D eigenvalue weighted by atomic mass is 32.1. The Labute approximate surface area is 103 Å². The van der Waals surface area contributed by atoms with Gasteiger partial charge in [0.2, 0.25) is 0 Å². The van der Waals surface area contributed by atoms with Gasteiger partial charge in [-0.1, -0.05) is 34.6 Å². The van der Waals surface area contributed by atoms with Gasteiger partial charge in [-0.05, 0) is 19.9 Å².